The fourth-order valence-electron chi connectivity index (χ4n) is 1.76. The molecule has 2 aromatic rings. The Balaban J connectivity index is 2.68. The van der Waals surface area contributed by atoms with Crippen LogP contribution in [0.15, 0.2) is 27.4 Å². The van der Waals surface area contributed by atoms with E-state index in [2.05, 4.69) is 9.40 Å². The van der Waals surface area contributed by atoms with E-state index in [1.165, 1.54) is 13.8 Å². The van der Waals surface area contributed by atoms with Gasteiger partial charge in [-0.15, -0.1) is 0 Å². The summed E-state index contributed by atoms with van der Waals surface area (Å²) in [5.74, 6) is -0.595. The van der Waals surface area contributed by atoms with E-state index in [9.17, 15) is 18.3 Å². The number of aromatic nitrogens is 1. The van der Waals surface area contributed by atoms with Gasteiger partial charge in [0, 0.05) is 12.5 Å². The van der Waals surface area contributed by atoms with Crippen LogP contribution in [0.3, 0.4) is 0 Å². The van der Waals surface area contributed by atoms with Gasteiger partial charge in [0.05, 0.1) is 18.2 Å². The highest BCUT2D eigenvalue weighted by Gasteiger charge is 2.60. The van der Waals surface area contributed by atoms with E-state index in [0.29, 0.717) is 0 Å². The van der Waals surface area contributed by atoms with E-state index in [-0.39, 0.29) is 11.6 Å². The fourth-order valence-corrected chi connectivity index (χ4v) is 1.76. The fraction of sp³-hybridized carbons (Fsp3) is 0.364. The zero-order valence-electron chi connectivity index (χ0n) is 9.58. The number of alkyl halides is 3. The zero-order chi connectivity index (χ0) is 13.6. The lowest BCUT2D eigenvalue weighted by molar-refractivity contribution is -0.254. The number of aliphatic hydroxyl groups is 1. The Labute approximate surface area is 100 Å². The van der Waals surface area contributed by atoms with Gasteiger partial charge in [-0.05, 0) is 13.0 Å². The molecule has 0 spiro atoms. The summed E-state index contributed by atoms with van der Waals surface area (Å²) in [5.41, 5.74) is -3.73. The maximum absolute atomic E-state index is 13.2. The minimum Gasteiger partial charge on any atom is -0.472 e. The van der Waals surface area contributed by atoms with E-state index >= 15 is 0 Å². The van der Waals surface area contributed by atoms with Crippen LogP contribution in [0.4, 0.5) is 13.2 Å². The number of aryl methyl sites for hydroxylation is 2. The van der Waals surface area contributed by atoms with Crippen LogP contribution in [0.5, 0.6) is 0 Å². The van der Waals surface area contributed by atoms with Crippen molar-refractivity contribution < 1.29 is 27.1 Å². The van der Waals surface area contributed by atoms with Crippen LogP contribution < -0.4 is 0 Å². The molecule has 0 saturated carbocycles. The number of nitrogens with zero attached hydrogens (tertiary/aromatic N) is 1. The summed E-state index contributed by atoms with van der Waals surface area (Å²) < 4.78 is 49.0. The Bertz CT molecular complexity index is 544. The second-order valence-corrected chi connectivity index (χ2v) is 3.87. The number of halogens is 3. The van der Waals surface area contributed by atoms with Crippen LogP contribution in [0.1, 0.15) is 22.9 Å². The highest BCUT2D eigenvalue weighted by molar-refractivity contribution is 5.33. The molecular formula is C11H10F3NO3. The van der Waals surface area contributed by atoms with Gasteiger partial charge in [0.2, 0.25) is 5.60 Å². The lowest BCUT2D eigenvalue weighted by Gasteiger charge is -2.27. The van der Waals surface area contributed by atoms with Gasteiger partial charge >= 0.3 is 6.18 Å². The van der Waals surface area contributed by atoms with Crippen molar-refractivity contribution in [1.82, 2.24) is 4.98 Å². The Hall–Kier alpha value is -1.76. The third-order valence-electron chi connectivity index (χ3n) is 2.58. The van der Waals surface area contributed by atoms with Crippen molar-refractivity contribution in [3.05, 3.63) is 41.5 Å². The number of hydrogen-bond acceptors (Lipinski definition) is 4. The number of furan rings is 1. The Morgan fingerprint density at radius 1 is 1.28 bits per heavy atom. The monoisotopic (exact) mass is 261 g/mol. The van der Waals surface area contributed by atoms with Crippen molar-refractivity contribution in [2.24, 2.45) is 0 Å². The smallest absolute Gasteiger partial charge is 0.429 e. The molecule has 0 fully saturated rings. The van der Waals surface area contributed by atoms with Crippen molar-refractivity contribution in [2.45, 2.75) is 25.6 Å². The predicted molar refractivity (Wildman–Crippen MR) is 53.7 cm³/mol. The molecule has 98 valence electrons. The Morgan fingerprint density at radius 3 is 2.33 bits per heavy atom. The second-order valence-electron chi connectivity index (χ2n) is 3.87. The van der Waals surface area contributed by atoms with Crippen molar-refractivity contribution in [2.75, 3.05) is 0 Å². The molecular weight excluding hydrogens is 251 g/mol. The number of oxazole rings is 1. The molecule has 0 aliphatic rings. The lowest BCUT2D eigenvalue weighted by atomic mass is 9.91. The highest BCUT2D eigenvalue weighted by atomic mass is 19.4. The minimum absolute atomic E-state index is 0.0199. The largest absolute Gasteiger partial charge is 0.472 e. The predicted octanol–water partition coefficient (Wildman–Crippen LogP) is 2.68. The maximum Gasteiger partial charge on any atom is 0.429 e. The molecule has 0 radical (unpaired) electrons. The molecule has 2 rings (SSSR count). The lowest BCUT2D eigenvalue weighted by Crippen LogP contribution is -2.43. The van der Waals surface area contributed by atoms with E-state index in [4.69, 9.17) is 4.42 Å². The number of rotatable bonds is 2. The van der Waals surface area contributed by atoms with Crippen LogP contribution in [0.25, 0.3) is 0 Å². The molecule has 1 atom stereocenters. The van der Waals surface area contributed by atoms with E-state index in [1.54, 1.807) is 0 Å². The van der Waals surface area contributed by atoms with Gasteiger partial charge in [0.25, 0.3) is 0 Å². The molecule has 0 aromatic carbocycles. The van der Waals surface area contributed by atoms with Crippen molar-refractivity contribution in [1.29, 1.82) is 0 Å². The van der Waals surface area contributed by atoms with Crippen molar-refractivity contribution >= 4 is 0 Å². The third kappa shape index (κ3) is 1.71. The van der Waals surface area contributed by atoms with Gasteiger partial charge in [0.1, 0.15) is 0 Å². The van der Waals surface area contributed by atoms with E-state index in [0.717, 1.165) is 18.6 Å². The first-order valence-electron chi connectivity index (χ1n) is 5.03. The zero-order valence-corrected chi connectivity index (χ0v) is 9.58. The second kappa shape index (κ2) is 3.88. The molecule has 7 heteroatoms. The third-order valence-corrected chi connectivity index (χ3v) is 2.58. The summed E-state index contributed by atoms with van der Waals surface area (Å²) in [6, 6.07) is 1.03. The van der Waals surface area contributed by atoms with Gasteiger partial charge in [-0.3, -0.25) is 0 Å². The molecule has 1 unspecified atom stereocenters. The normalized spacial score (nSPS) is 15.7. The molecule has 0 amide bonds. The molecule has 0 aliphatic carbocycles. The Morgan fingerprint density at radius 2 is 1.94 bits per heavy atom. The highest BCUT2D eigenvalue weighted by Crippen LogP contribution is 2.45. The summed E-state index contributed by atoms with van der Waals surface area (Å²) in [6.07, 6.45) is -3.08. The first-order chi connectivity index (χ1) is 8.26. The molecule has 0 aliphatic heterocycles. The number of hydrogen-bond donors (Lipinski definition) is 1. The summed E-state index contributed by atoms with van der Waals surface area (Å²) in [7, 11) is 0. The maximum atomic E-state index is 13.2. The van der Waals surface area contributed by atoms with Crippen LogP contribution in [0, 0.1) is 13.8 Å². The first kappa shape index (κ1) is 12.7. The summed E-state index contributed by atoms with van der Waals surface area (Å²) in [6.45, 7) is 2.74. The van der Waals surface area contributed by atoms with E-state index < -0.39 is 23.1 Å². The SMILES string of the molecule is Cc1nc(C)c(C(O)(c2ccoc2)C(F)(F)F)o1. The molecule has 0 saturated heterocycles. The van der Waals surface area contributed by atoms with Gasteiger partial charge in [0.15, 0.2) is 11.7 Å². The molecule has 2 heterocycles. The van der Waals surface area contributed by atoms with Crippen LogP contribution in [0.2, 0.25) is 0 Å². The standard InChI is InChI=1S/C11H10F3NO3/c1-6-9(18-7(2)15-6)10(16,11(12,13)14)8-3-4-17-5-8/h3-5,16H,1-2H3. The molecule has 2 aromatic heterocycles. The minimum atomic E-state index is -4.95. The molecule has 0 bridgehead atoms. The van der Waals surface area contributed by atoms with Crippen molar-refractivity contribution in [3.63, 3.8) is 0 Å². The van der Waals surface area contributed by atoms with Gasteiger partial charge in [-0.2, -0.15) is 13.2 Å². The average molecular weight is 261 g/mol. The van der Waals surface area contributed by atoms with Crippen LogP contribution in [-0.2, 0) is 5.60 Å². The molecule has 4 nitrogen and oxygen atoms in total. The van der Waals surface area contributed by atoms with E-state index in [1.807, 2.05) is 0 Å². The van der Waals surface area contributed by atoms with Gasteiger partial charge in [-0.25, -0.2) is 4.98 Å². The molecule has 1 N–H and O–H groups in total. The topological polar surface area (TPSA) is 59.4 Å². The average Bonchev–Trinajstić information content (AvgIpc) is 2.85. The Kier molecular flexibility index (Phi) is 2.73. The van der Waals surface area contributed by atoms with Crippen LogP contribution >= 0.6 is 0 Å². The van der Waals surface area contributed by atoms with Crippen molar-refractivity contribution in [3.8, 4) is 0 Å². The summed E-state index contributed by atoms with van der Waals surface area (Å²) in [4.78, 5) is 3.74. The summed E-state index contributed by atoms with van der Waals surface area (Å²) >= 11 is 0. The molecule has 18 heavy (non-hydrogen) atoms. The van der Waals surface area contributed by atoms with Gasteiger partial charge < -0.3 is 13.9 Å². The van der Waals surface area contributed by atoms with Gasteiger partial charge in [-0.1, -0.05) is 0 Å². The van der Waals surface area contributed by atoms with Crippen LogP contribution in [-0.4, -0.2) is 16.3 Å². The summed E-state index contributed by atoms with van der Waals surface area (Å²) in [5, 5.41) is 10.1. The first-order valence-corrected chi connectivity index (χ1v) is 5.03. The quantitative estimate of drug-likeness (QED) is 0.902.